The average molecular weight is 188 g/mol. The zero-order valence-corrected chi connectivity index (χ0v) is 8.49. The Morgan fingerprint density at radius 2 is 2.25 bits per heavy atom. The van der Waals surface area contributed by atoms with Gasteiger partial charge in [-0.25, -0.2) is 4.79 Å². The second-order valence-corrected chi connectivity index (χ2v) is 3.97. The largest absolute Gasteiger partial charge is 0.478 e. The molecule has 0 saturated heterocycles. The number of carbonyl (C=O) groups is 1. The smallest absolute Gasteiger partial charge is 0.331 e. The maximum atomic E-state index is 10.3. The highest BCUT2D eigenvalue weighted by atomic mass is 32.2. The minimum atomic E-state index is -0.883. The van der Waals surface area contributed by atoms with E-state index in [0.29, 0.717) is 17.2 Å². The van der Waals surface area contributed by atoms with Crippen LogP contribution in [0.2, 0.25) is 0 Å². The highest BCUT2D eigenvalue weighted by Gasteiger charge is 2.04. The maximum absolute atomic E-state index is 10.3. The summed E-state index contributed by atoms with van der Waals surface area (Å²) in [5.41, 5.74) is 0.295. The van der Waals surface area contributed by atoms with Gasteiger partial charge in [0.15, 0.2) is 0 Å². The summed E-state index contributed by atoms with van der Waals surface area (Å²) in [7, 11) is 0. The van der Waals surface area contributed by atoms with E-state index in [4.69, 9.17) is 5.11 Å². The molecule has 2 nitrogen and oxygen atoms in total. The zero-order valence-electron chi connectivity index (χ0n) is 7.67. The summed E-state index contributed by atoms with van der Waals surface area (Å²) in [6, 6.07) is 0. The van der Waals surface area contributed by atoms with Gasteiger partial charge in [-0.3, -0.25) is 0 Å². The molecule has 0 fully saturated rings. The monoisotopic (exact) mass is 188 g/mol. The molecule has 0 rings (SSSR count). The van der Waals surface area contributed by atoms with Crippen LogP contribution in [0.3, 0.4) is 0 Å². The Kier molecular flexibility index (Phi) is 5.89. The molecule has 0 aliphatic heterocycles. The SMILES string of the molecule is C=C(CSCC(C)CC)C(=O)O. The van der Waals surface area contributed by atoms with E-state index in [1.807, 2.05) is 0 Å². The molecule has 0 saturated carbocycles. The van der Waals surface area contributed by atoms with E-state index in [2.05, 4.69) is 20.4 Å². The number of aliphatic carboxylic acids is 1. The van der Waals surface area contributed by atoms with Crippen LogP contribution in [0.4, 0.5) is 0 Å². The van der Waals surface area contributed by atoms with Crippen molar-refractivity contribution in [3.05, 3.63) is 12.2 Å². The Hall–Kier alpha value is -0.440. The molecule has 0 aliphatic carbocycles. The molecule has 1 atom stereocenters. The minimum Gasteiger partial charge on any atom is -0.478 e. The summed E-state index contributed by atoms with van der Waals surface area (Å²) in [5.74, 6) is 1.34. The lowest BCUT2D eigenvalue weighted by atomic mass is 10.2. The van der Waals surface area contributed by atoms with Crippen molar-refractivity contribution in [2.24, 2.45) is 5.92 Å². The van der Waals surface area contributed by atoms with Crippen LogP contribution < -0.4 is 0 Å². The normalized spacial score (nSPS) is 12.5. The van der Waals surface area contributed by atoms with Gasteiger partial charge in [0.2, 0.25) is 0 Å². The Morgan fingerprint density at radius 1 is 1.67 bits per heavy atom. The Bertz CT molecular complexity index is 166. The van der Waals surface area contributed by atoms with Crippen LogP contribution in [0.15, 0.2) is 12.2 Å². The molecule has 0 amide bonds. The van der Waals surface area contributed by atoms with Crippen LogP contribution in [0, 0.1) is 5.92 Å². The van der Waals surface area contributed by atoms with Crippen LogP contribution >= 0.6 is 11.8 Å². The van der Waals surface area contributed by atoms with Crippen LogP contribution in [-0.4, -0.2) is 22.6 Å². The van der Waals surface area contributed by atoms with Crippen molar-refractivity contribution in [3.8, 4) is 0 Å². The molecule has 0 spiro atoms. The Labute approximate surface area is 78.0 Å². The van der Waals surface area contributed by atoms with Crippen molar-refractivity contribution in [2.45, 2.75) is 20.3 Å². The third-order valence-electron chi connectivity index (χ3n) is 1.68. The van der Waals surface area contributed by atoms with E-state index in [1.54, 1.807) is 11.8 Å². The second-order valence-electron chi connectivity index (χ2n) is 2.94. The first-order chi connectivity index (χ1) is 5.57. The van der Waals surface area contributed by atoms with E-state index in [-0.39, 0.29) is 0 Å². The van der Waals surface area contributed by atoms with Gasteiger partial charge in [0.1, 0.15) is 0 Å². The van der Waals surface area contributed by atoms with Crippen LogP contribution in [0.5, 0.6) is 0 Å². The lowest BCUT2D eigenvalue weighted by Crippen LogP contribution is -2.03. The maximum Gasteiger partial charge on any atom is 0.331 e. The number of rotatable bonds is 6. The van der Waals surface area contributed by atoms with Crippen molar-refractivity contribution in [1.29, 1.82) is 0 Å². The number of carboxylic acids is 1. The summed E-state index contributed by atoms with van der Waals surface area (Å²) in [6.07, 6.45) is 1.15. The lowest BCUT2D eigenvalue weighted by molar-refractivity contribution is -0.132. The molecular weight excluding hydrogens is 172 g/mol. The fourth-order valence-electron chi connectivity index (χ4n) is 0.563. The van der Waals surface area contributed by atoms with Crippen molar-refractivity contribution in [1.82, 2.24) is 0 Å². The Balaban J connectivity index is 3.44. The summed E-state index contributed by atoms with van der Waals surface area (Å²) in [5, 5.41) is 8.49. The van der Waals surface area contributed by atoms with E-state index >= 15 is 0 Å². The molecule has 1 unspecified atom stereocenters. The summed E-state index contributed by atoms with van der Waals surface area (Å²) < 4.78 is 0. The van der Waals surface area contributed by atoms with Gasteiger partial charge in [-0.2, -0.15) is 11.8 Å². The van der Waals surface area contributed by atoms with Crippen molar-refractivity contribution >= 4 is 17.7 Å². The first-order valence-corrected chi connectivity index (χ1v) is 5.22. The lowest BCUT2D eigenvalue weighted by Gasteiger charge is -2.06. The van der Waals surface area contributed by atoms with Gasteiger partial charge in [0.25, 0.3) is 0 Å². The fourth-order valence-corrected chi connectivity index (χ4v) is 1.69. The molecule has 0 aromatic rings. The number of hydrogen-bond acceptors (Lipinski definition) is 2. The molecule has 0 aromatic heterocycles. The van der Waals surface area contributed by atoms with Gasteiger partial charge < -0.3 is 5.11 Å². The third kappa shape index (κ3) is 5.24. The quantitative estimate of drug-likeness (QED) is 0.650. The van der Waals surface area contributed by atoms with E-state index in [0.717, 1.165) is 12.2 Å². The molecule has 70 valence electrons. The molecule has 0 bridgehead atoms. The van der Waals surface area contributed by atoms with Crippen LogP contribution in [-0.2, 0) is 4.79 Å². The molecule has 0 heterocycles. The average Bonchev–Trinajstić information content (AvgIpc) is 2.03. The molecule has 12 heavy (non-hydrogen) atoms. The van der Waals surface area contributed by atoms with Gasteiger partial charge in [-0.15, -0.1) is 0 Å². The fraction of sp³-hybridized carbons (Fsp3) is 0.667. The van der Waals surface area contributed by atoms with Gasteiger partial charge in [-0.05, 0) is 11.7 Å². The summed E-state index contributed by atoms with van der Waals surface area (Å²) in [6.45, 7) is 7.76. The highest BCUT2D eigenvalue weighted by Crippen LogP contribution is 2.13. The topological polar surface area (TPSA) is 37.3 Å². The zero-order chi connectivity index (χ0) is 9.56. The molecule has 0 radical (unpaired) electrons. The van der Waals surface area contributed by atoms with Crippen LogP contribution in [0.25, 0.3) is 0 Å². The van der Waals surface area contributed by atoms with Crippen molar-refractivity contribution < 1.29 is 9.90 Å². The summed E-state index contributed by atoms with van der Waals surface area (Å²) in [4.78, 5) is 10.3. The molecule has 3 heteroatoms. The summed E-state index contributed by atoms with van der Waals surface area (Å²) >= 11 is 1.64. The minimum absolute atomic E-state index is 0.295. The molecular formula is C9H16O2S. The first kappa shape index (κ1) is 11.6. The standard InChI is InChI=1S/C9H16O2S/c1-4-7(2)5-12-6-8(3)9(10)11/h7H,3-6H2,1-2H3,(H,10,11). The molecule has 0 aliphatic rings. The van der Waals surface area contributed by atoms with Gasteiger partial charge >= 0.3 is 5.97 Å². The van der Waals surface area contributed by atoms with E-state index in [1.165, 1.54) is 0 Å². The van der Waals surface area contributed by atoms with Gasteiger partial charge in [0.05, 0.1) is 0 Å². The van der Waals surface area contributed by atoms with Gasteiger partial charge in [-0.1, -0.05) is 26.8 Å². The predicted molar refractivity (Wildman–Crippen MR) is 53.6 cm³/mol. The Morgan fingerprint density at radius 3 is 2.67 bits per heavy atom. The predicted octanol–water partition coefficient (Wildman–Crippen LogP) is 2.41. The number of thioether (sulfide) groups is 1. The highest BCUT2D eigenvalue weighted by molar-refractivity contribution is 7.99. The number of hydrogen-bond donors (Lipinski definition) is 1. The number of carboxylic acid groups (broad SMARTS) is 1. The first-order valence-electron chi connectivity index (χ1n) is 4.06. The van der Waals surface area contributed by atoms with E-state index in [9.17, 15) is 4.79 Å². The van der Waals surface area contributed by atoms with Crippen molar-refractivity contribution in [2.75, 3.05) is 11.5 Å². The third-order valence-corrected chi connectivity index (χ3v) is 3.04. The van der Waals surface area contributed by atoms with Gasteiger partial charge in [0, 0.05) is 11.3 Å². The van der Waals surface area contributed by atoms with Crippen molar-refractivity contribution in [3.63, 3.8) is 0 Å². The molecule has 1 N–H and O–H groups in total. The second kappa shape index (κ2) is 6.12. The van der Waals surface area contributed by atoms with E-state index < -0.39 is 5.97 Å². The van der Waals surface area contributed by atoms with Crippen LogP contribution in [0.1, 0.15) is 20.3 Å². The molecule has 0 aromatic carbocycles.